The fourth-order valence-electron chi connectivity index (χ4n) is 1.88. The fourth-order valence-corrected chi connectivity index (χ4v) is 1.88. The number of rotatable bonds is 4. The highest BCUT2D eigenvalue weighted by Crippen LogP contribution is 2.14. The molecule has 1 aliphatic rings. The van der Waals surface area contributed by atoms with Crippen LogP contribution in [0, 0.1) is 0 Å². The van der Waals surface area contributed by atoms with E-state index in [0.29, 0.717) is 11.7 Å². The predicted octanol–water partition coefficient (Wildman–Crippen LogP) is 2.06. The Hall–Kier alpha value is -1.55. The molecule has 1 unspecified atom stereocenters. The Bertz CT molecular complexity index is 369. The van der Waals surface area contributed by atoms with E-state index in [-0.39, 0.29) is 5.97 Å². The molecular formula is C13H17NO3. The Morgan fingerprint density at radius 2 is 2.24 bits per heavy atom. The van der Waals surface area contributed by atoms with Gasteiger partial charge >= 0.3 is 5.97 Å². The van der Waals surface area contributed by atoms with E-state index in [9.17, 15) is 4.79 Å². The summed E-state index contributed by atoms with van der Waals surface area (Å²) < 4.78 is 10.2. The highest BCUT2D eigenvalue weighted by Gasteiger charge is 2.14. The SMILES string of the molecule is COC(=O)c1ccc(NCC2CCCO2)cc1. The Morgan fingerprint density at radius 3 is 2.82 bits per heavy atom. The van der Waals surface area contributed by atoms with E-state index in [1.54, 1.807) is 12.1 Å². The summed E-state index contributed by atoms with van der Waals surface area (Å²) in [5.41, 5.74) is 1.56. The molecule has 0 aromatic heterocycles. The van der Waals surface area contributed by atoms with Crippen LogP contribution >= 0.6 is 0 Å². The van der Waals surface area contributed by atoms with Gasteiger partial charge in [-0.05, 0) is 37.1 Å². The lowest BCUT2D eigenvalue weighted by Gasteiger charge is -2.11. The van der Waals surface area contributed by atoms with Crippen molar-refractivity contribution in [3.63, 3.8) is 0 Å². The van der Waals surface area contributed by atoms with E-state index in [1.165, 1.54) is 7.11 Å². The van der Waals surface area contributed by atoms with Gasteiger partial charge in [-0.3, -0.25) is 0 Å². The molecule has 0 bridgehead atoms. The van der Waals surface area contributed by atoms with E-state index in [0.717, 1.165) is 31.7 Å². The van der Waals surface area contributed by atoms with Crippen molar-refractivity contribution in [2.24, 2.45) is 0 Å². The van der Waals surface area contributed by atoms with Crippen molar-refractivity contribution in [1.29, 1.82) is 0 Å². The van der Waals surface area contributed by atoms with Crippen LogP contribution in [0.1, 0.15) is 23.2 Å². The Labute approximate surface area is 101 Å². The second-order valence-electron chi connectivity index (χ2n) is 4.08. The van der Waals surface area contributed by atoms with Gasteiger partial charge in [0.05, 0.1) is 18.8 Å². The van der Waals surface area contributed by atoms with Crippen LogP contribution in [0.5, 0.6) is 0 Å². The average molecular weight is 235 g/mol. The third-order valence-electron chi connectivity index (χ3n) is 2.86. The monoisotopic (exact) mass is 235 g/mol. The zero-order valence-electron chi connectivity index (χ0n) is 9.94. The Balaban J connectivity index is 1.87. The lowest BCUT2D eigenvalue weighted by molar-refractivity contribution is 0.0600. The number of methoxy groups -OCH3 is 1. The van der Waals surface area contributed by atoms with Gasteiger partial charge in [-0.15, -0.1) is 0 Å². The molecule has 1 atom stereocenters. The molecule has 1 heterocycles. The van der Waals surface area contributed by atoms with Crippen molar-refractivity contribution in [2.45, 2.75) is 18.9 Å². The summed E-state index contributed by atoms with van der Waals surface area (Å²) in [4.78, 5) is 11.2. The fraction of sp³-hybridized carbons (Fsp3) is 0.462. The second-order valence-corrected chi connectivity index (χ2v) is 4.08. The molecule has 17 heavy (non-hydrogen) atoms. The van der Waals surface area contributed by atoms with Crippen molar-refractivity contribution in [3.05, 3.63) is 29.8 Å². The molecule has 1 aliphatic heterocycles. The molecule has 2 rings (SSSR count). The highest BCUT2D eigenvalue weighted by molar-refractivity contribution is 5.89. The van der Waals surface area contributed by atoms with Gasteiger partial charge in [-0.25, -0.2) is 4.79 Å². The lowest BCUT2D eigenvalue weighted by atomic mass is 10.2. The normalized spacial score (nSPS) is 19.0. The molecule has 1 aromatic carbocycles. The molecule has 1 fully saturated rings. The van der Waals surface area contributed by atoms with E-state index < -0.39 is 0 Å². The van der Waals surface area contributed by atoms with Crippen LogP contribution < -0.4 is 5.32 Å². The Kier molecular flexibility index (Phi) is 3.98. The number of hydrogen-bond donors (Lipinski definition) is 1. The molecule has 1 N–H and O–H groups in total. The van der Waals surface area contributed by atoms with Crippen molar-refractivity contribution < 1.29 is 14.3 Å². The zero-order valence-corrected chi connectivity index (χ0v) is 9.94. The van der Waals surface area contributed by atoms with Crippen LogP contribution in [0.15, 0.2) is 24.3 Å². The van der Waals surface area contributed by atoms with Gasteiger partial charge in [0, 0.05) is 18.8 Å². The minimum Gasteiger partial charge on any atom is -0.465 e. The second kappa shape index (κ2) is 5.68. The number of benzene rings is 1. The topological polar surface area (TPSA) is 47.6 Å². The van der Waals surface area contributed by atoms with E-state index >= 15 is 0 Å². The van der Waals surface area contributed by atoms with Crippen LogP contribution in [-0.4, -0.2) is 32.3 Å². The van der Waals surface area contributed by atoms with E-state index in [1.807, 2.05) is 12.1 Å². The molecule has 4 heteroatoms. The first-order valence-electron chi connectivity index (χ1n) is 5.83. The average Bonchev–Trinajstić information content (AvgIpc) is 2.89. The number of carbonyl (C=O) groups is 1. The van der Waals surface area contributed by atoms with E-state index in [2.05, 4.69) is 10.1 Å². The third-order valence-corrected chi connectivity index (χ3v) is 2.86. The number of anilines is 1. The molecule has 0 radical (unpaired) electrons. The smallest absolute Gasteiger partial charge is 0.337 e. The molecule has 0 aliphatic carbocycles. The van der Waals surface area contributed by atoms with Gasteiger partial charge in [-0.2, -0.15) is 0 Å². The van der Waals surface area contributed by atoms with Gasteiger partial charge in [-0.1, -0.05) is 0 Å². The van der Waals surface area contributed by atoms with Crippen molar-refractivity contribution in [1.82, 2.24) is 0 Å². The maximum absolute atomic E-state index is 11.2. The standard InChI is InChI=1S/C13H17NO3/c1-16-13(15)10-4-6-11(7-5-10)14-9-12-3-2-8-17-12/h4-7,12,14H,2-3,8-9H2,1H3. The van der Waals surface area contributed by atoms with Gasteiger partial charge in [0.15, 0.2) is 0 Å². The van der Waals surface area contributed by atoms with Crippen molar-refractivity contribution >= 4 is 11.7 Å². The third kappa shape index (κ3) is 3.20. The molecular weight excluding hydrogens is 218 g/mol. The van der Waals surface area contributed by atoms with Gasteiger partial charge in [0.1, 0.15) is 0 Å². The largest absolute Gasteiger partial charge is 0.465 e. The van der Waals surface area contributed by atoms with Gasteiger partial charge in [0.2, 0.25) is 0 Å². The number of hydrogen-bond acceptors (Lipinski definition) is 4. The Morgan fingerprint density at radius 1 is 1.47 bits per heavy atom. The molecule has 1 aromatic rings. The van der Waals surface area contributed by atoms with Crippen LogP contribution in [0.4, 0.5) is 5.69 Å². The molecule has 0 amide bonds. The predicted molar refractivity (Wildman–Crippen MR) is 65.2 cm³/mol. The number of nitrogens with one attached hydrogen (secondary N) is 1. The maximum Gasteiger partial charge on any atom is 0.337 e. The summed E-state index contributed by atoms with van der Waals surface area (Å²) in [5.74, 6) is -0.310. The summed E-state index contributed by atoms with van der Waals surface area (Å²) in [7, 11) is 1.38. The van der Waals surface area contributed by atoms with Gasteiger partial charge < -0.3 is 14.8 Å². The minimum atomic E-state index is -0.310. The zero-order chi connectivity index (χ0) is 12.1. The van der Waals surface area contributed by atoms with Crippen LogP contribution in [0.2, 0.25) is 0 Å². The van der Waals surface area contributed by atoms with Crippen LogP contribution in [-0.2, 0) is 9.47 Å². The quantitative estimate of drug-likeness (QED) is 0.811. The lowest BCUT2D eigenvalue weighted by Crippen LogP contribution is -2.18. The first kappa shape index (κ1) is 11.9. The van der Waals surface area contributed by atoms with E-state index in [4.69, 9.17) is 4.74 Å². The molecule has 4 nitrogen and oxygen atoms in total. The van der Waals surface area contributed by atoms with Crippen LogP contribution in [0.25, 0.3) is 0 Å². The summed E-state index contributed by atoms with van der Waals surface area (Å²) in [5, 5.41) is 3.29. The van der Waals surface area contributed by atoms with Crippen molar-refractivity contribution in [3.8, 4) is 0 Å². The number of carbonyl (C=O) groups excluding carboxylic acids is 1. The maximum atomic E-state index is 11.2. The highest BCUT2D eigenvalue weighted by atomic mass is 16.5. The van der Waals surface area contributed by atoms with Crippen molar-refractivity contribution in [2.75, 3.05) is 25.6 Å². The summed E-state index contributed by atoms with van der Waals surface area (Å²) >= 11 is 0. The summed E-state index contributed by atoms with van der Waals surface area (Å²) in [6, 6.07) is 7.26. The first-order chi connectivity index (χ1) is 8.29. The molecule has 1 saturated heterocycles. The molecule has 92 valence electrons. The first-order valence-corrected chi connectivity index (χ1v) is 5.83. The number of ether oxygens (including phenoxy) is 2. The molecule has 0 spiro atoms. The van der Waals surface area contributed by atoms with Crippen LogP contribution in [0.3, 0.4) is 0 Å². The summed E-state index contributed by atoms with van der Waals surface area (Å²) in [6.45, 7) is 1.69. The summed E-state index contributed by atoms with van der Waals surface area (Å²) in [6.07, 6.45) is 2.58. The number of esters is 1. The molecule has 0 saturated carbocycles. The minimum absolute atomic E-state index is 0.310. The van der Waals surface area contributed by atoms with Gasteiger partial charge in [0.25, 0.3) is 0 Å².